The smallest absolute Gasteiger partial charge is 0.335 e. The number of nitrogens with zero attached hydrogens (tertiary/aromatic N) is 2. The summed E-state index contributed by atoms with van der Waals surface area (Å²) >= 11 is 1.50. The molecule has 3 aromatic rings. The number of carboxylic acid groups (broad SMARTS) is 1. The van der Waals surface area contributed by atoms with Gasteiger partial charge in [-0.25, -0.2) is 9.78 Å². The summed E-state index contributed by atoms with van der Waals surface area (Å²) in [4.78, 5) is 31.0. The largest absolute Gasteiger partial charge is 0.478 e. The maximum Gasteiger partial charge on any atom is 0.335 e. The van der Waals surface area contributed by atoms with E-state index in [0.717, 1.165) is 26.4 Å². The van der Waals surface area contributed by atoms with Crippen LogP contribution in [0.4, 0.5) is 0 Å². The first kappa shape index (κ1) is 18.4. The van der Waals surface area contributed by atoms with Crippen molar-refractivity contribution in [2.45, 2.75) is 26.3 Å². The van der Waals surface area contributed by atoms with Crippen molar-refractivity contribution in [3.8, 4) is 0 Å². The molecule has 2 aromatic carbocycles. The number of thiazole rings is 1. The number of fused-ring (bicyclic) bond motifs is 1. The first-order valence-electron chi connectivity index (χ1n) is 9.00. The number of hydrogen-bond donors (Lipinski definition) is 1. The highest BCUT2D eigenvalue weighted by molar-refractivity contribution is 7.18. The second-order valence-corrected chi connectivity index (χ2v) is 8.51. The zero-order valence-corrected chi connectivity index (χ0v) is 16.7. The Morgan fingerprint density at radius 2 is 1.89 bits per heavy atom. The summed E-state index contributed by atoms with van der Waals surface area (Å²) in [6, 6.07) is 14.7. The lowest BCUT2D eigenvalue weighted by Crippen LogP contribution is -2.43. The van der Waals surface area contributed by atoms with Crippen LogP contribution >= 0.6 is 11.3 Å². The molecule has 0 saturated heterocycles. The molecule has 1 amide bonds. The van der Waals surface area contributed by atoms with Crippen LogP contribution in [0.15, 0.2) is 54.1 Å². The fourth-order valence-corrected chi connectivity index (χ4v) is 4.63. The van der Waals surface area contributed by atoms with E-state index in [1.54, 1.807) is 18.2 Å². The van der Waals surface area contributed by atoms with Gasteiger partial charge in [-0.3, -0.25) is 4.79 Å². The number of hydrogen-bond acceptors (Lipinski definition) is 4. The lowest BCUT2D eigenvalue weighted by atomic mass is 10.0. The minimum absolute atomic E-state index is 0.000758. The first-order chi connectivity index (χ1) is 13.3. The molecule has 0 aliphatic carbocycles. The Morgan fingerprint density at radius 1 is 1.18 bits per heavy atom. The van der Waals surface area contributed by atoms with Gasteiger partial charge in [0.15, 0.2) is 0 Å². The predicted molar refractivity (Wildman–Crippen MR) is 110 cm³/mol. The van der Waals surface area contributed by atoms with E-state index in [9.17, 15) is 14.7 Å². The van der Waals surface area contributed by atoms with Gasteiger partial charge >= 0.3 is 5.97 Å². The minimum atomic E-state index is -0.974. The molecule has 0 atom stereocenters. The number of amides is 1. The van der Waals surface area contributed by atoms with Gasteiger partial charge in [0.1, 0.15) is 5.01 Å². The van der Waals surface area contributed by atoms with E-state index in [1.165, 1.54) is 11.3 Å². The maximum absolute atomic E-state index is 13.3. The average molecular weight is 392 g/mol. The number of aromatic carboxylic acids is 1. The van der Waals surface area contributed by atoms with E-state index in [4.69, 9.17) is 0 Å². The molecule has 0 unspecified atom stereocenters. The third-order valence-electron chi connectivity index (χ3n) is 5.18. The average Bonchev–Trinajstić information content (AvgIpc) is 3.23. The molecule has 1 aromatic heterocycles. The fourth-order valence-electron chi connectivity index (χ4n) is 3.57. The third-order valence-corrected chi connectivity index (χ3v) is 6.53. The highest BCUT2D eigenvalue weighted by Gasteiger charge is 2.41. The Morgan fingerprint density at radius 3 is 2.57 bits per heavy atom. The molecule has 0 radical (unpaired) electrons. The van der Waals surface area contributed by atoms with Crippen LogP contribution in [0, 0.1) is 0 Å². The molecule has 1 N–H and O–H groups in total. The van der Waals surface area contributed by atoms with Crippen LogP contribution in [-0.2, 0) is 10.3 Å². The Labute approximate surface area is 166 Å². The highest BCUT2D eigenvalue weighted by Crippen LogP contribution is 2.40. The van der Waals surface area contributed by atoms with Gasteiger partial charge in [-0.1, -0.05) is 30.3 Å². The van der Waals surface area contributed by atoms with Crippen molar-refractivity contribution in [1.29, 1.82) is 0 Å². The van der Waals surface area contributed by atoms with E-state index >= 15 is 0 Å². The van der Waals surface area contributed by atoms with Gasteiger partial charge in [-0.2, -0.15) is 0 Å². The second kappa shape index (κ2) is 6.56. The van der Waals surface area contributed by atoms with Crippen LogP contribution in [0.5, 0.6) is 0 Å². The normalized spacial score (nSPS) is 15.0. The van der Waals surface area contributed by atoms with Crippen LogP contribution in [0.25, 0.3) is 15.8 Å². The summed E-state index contributed by atoms with van der Waals surface area (Å²) in [6.07, 6.45) is 0. The number of carbonyl (C=O) groups excluding carboxylic acids is 1. The Bertz CT molecular complexity index is 1130. The second-order valence-electron chi connectivity index (χ2n) is 7.48. The number of rotatable bonds is 4. The highest BCUT2D eigenvalue weighted by atomic mass is 32.1. The van der Waals surface area contributed by atoms with E-state index in [1.807, 2.05) is 56.0 Å². The standard InChI is InChI=1S/C22H20N2O3S/c1-13-12-24(19(25)18(13)14-7-5-4-6-8-14)22(2,3)21-23-16-11-15(20(26)27)9-10-17(16)28-21/h4-11H,12H2,1-3H3,(H,26,27). The van der Waals surface area contributed by atoms with Gasteiger partial charge < -0.3 is 10.0 Å². The molecule has 1 aliphatic heterocycles. The molecule has 4 rings (SSSR count). The summed E-state index contributed by atoms with van der Waals surface area (Å²) in [6.45, 7) is 6.52. The van der Waals surface area contributed by atoms with E-state index in [0.29, 0.717) is 12.1 Å². The van der Waals surface area contributed by atoms with E-state index in [2.05, 4.69) is 4.98 Å². The van der Waals surface area contributed by atoms with Crippen LogP contribution in [0.1, 0.15) is 41.7 Å². The van der Waals surface area contributed by atoms with Crippen molar-refractivity contribution in [3.05, 3.63) is 70.2 Å². The van der Waals surface area contributed by atoms with E-state index < -0.39 is 11.5 Å². The SMILES string of the molecule is CC1=C(c2ccccc2)C(=O)N(C(C)(C)c2nc3cc(C(=O)O)ccc3s2)C1. The Balaban J connectivity index is 1.70. The minimum Gasteiger partial charge on any atom is -0.478 e. The van der Waals surface area contributed by atoms with Gasteiger partial charge in [-0.05, 0) is 50.1 Å². The molecule has 0 bridgehead atoms. The maximum atomic E-state index is 13.3. The fraction of sp³-hybridized carbons (Fsp3) is 0.227. The lowest BCUT2D eigenvalue weighted by Gasteiger charge is -2.34. The molecular weight excluding hydrogens is 372 g/mol. The molecule has 0 fully saturated rings. The molecule has 142 valence electrons. The number of aromatic nitrogens is 1. The van der Waals surface area contributed by atoms with Crippen molar-refractivity contribution in [1.82, 2.24) is 9.88 Å². The van der Waals surface area contributed by atoms with Crippen LogP contribution in [0.2, 0.25) is 0 Å². The zero-order chi connectivity index (χ0) is 20.1. The third kappa shape index (κ3) is 2.90. The molecule has 2 heterocycles. The zero-order valence-electron chi connectivity index (χ0n) is 15.9. The van der Waals surface area contributed by atoms with Gasteiger partial charge in [-0.15, -0.1) is 11.3 Å². The van der Waals surface area contributed by atoms with Gasteiger partial charge in [0.2, 0.25) is 0 Å². The van der Waals surface area contributed by atoms with Crippen LogP contribution in [-0.4, -0.2) is 33.4 Å². The Hall–Kier alpha value is -2.99. The van der Waals surface area contributed by atoms with Crippen LogP contribution in [0.3, 0.4) is 0 Å². The van der Waals surface area contributed by atoms with Crippen LogP contribution < -0.4 is 0 Å². The lowest BCUT2D eigenvalue weighted by molar-refractivity contribution is -0.128. The topological polar surface area (TPSA) is 70.5 Å². The van der Waals surface area contributed by atoms with E-state index in [-0.39, 0.29) is 11.5 Å². The van der Waals surface area contributed by atoms with Crippen molar-refractivity contribution in [3.63, 3.8) is 0 Å². The number of carboxylic acids is 1. The van der Waals surface area contributed by atoms with Gasteiger partial charge in [0.05, 0.1) is 21.3 Å². The van der Waals surface area contributed by atoms with Crippen molar-refractivity contribution < 1.29 is 14.7 Å². The summed E-state index contributed by atoms with van der Waals surface area (Å²) in [5.74, 6) is -0.975. The molecule has 5 nitrogen and oxygen atoms in total. The monoisotopic (exact) mass is 392 g/mol. The summed E-state index contributed by atoms with van der Waals surface area (Å²) in [7, 11) is 0. The quantitative estimate of drug-likeness (QED) is 0.707. The molecule has 1 aliphatic rings. The van der Waals surface area contributed by atoms with Gasteiger partial charge in [0, 0.05) is 12.1 Å². The summed E-state index contributed by atoms with van der Waals surface area (Å²) in [5, 5.41) is 9.99. The Kier molecular flexibility index (Phi) is 4.31. The predicted octanol–water partition coefficient (Wildman–Crippen LogP) is 4.55. The van der Waals surface area contributed by atoms with Crippen molar-refractivity contribution >= 4 is 39.0 Å². The molecular formula is C22H20N2O3S. The number of benzene rings is 2. The molecule has 6 heteroatoms. The molecule has 0 saturated carbocycles. The molecule has 0 spiro atoms. The van der Waals surface area contributed by atoms with Crippen molar-refractivity contribution in [2.75, 3.05) is 6.54 Å². The molecule has 28 heavy (non-hydrogen) atoms. The van der Waals surface area contributed by atoms with Gasteiger partial charge in [0.25, 0.3) is 5.91 Å². The summed E-state index contributed by atoms with van der Waals surface area (Å²) in [5.41, 5.74) is 2.97. The number of carbonyl (C=O) groups is 2. The first-order valence-corrected chi connectivity index (χ1v) is 9.82. The summed E-state index contributed by atoms with van der Waals surface area (Å²) < 4.78 is 0.910. The van der Waals surface area contributed by atoms with Crippen molar-refractivity contribution in [2.24, 2.45) is 0 Å².